The van der Waals surface area contributed by atoms with Crippen LogP contribution in [-0.4, -0.2) is 37.3 Å². The van der Waals surface area contributed by atoms with Crippen molar-refractivity contribution >= 4 is 11.2 Å². The molecule has 1 aromatic carbocycles. The summed E-state index contributed by atoms with van der Waals surface area (Å²) in [5.41, 5.74) is 3.45. The predicted octanol–water partition coefficient (Wildman–Crippen LogP) is 3.32. The minimum Gasteiger partial charge on any atom is -0.504 e. The van der Waals surface area contributed by atoms with Gasteiger partial charge in [-0.25, -0.2) is 9.97 Å². The molecule has 28 heavy (non-hydrogen) atoms. The van der Waals surface area contributed by atoms with E-state index in [1.165, 1.54) is 12.8 Å². The van der Waals surface area contributed by atoms with Gasteiger partial charge in [-0.2, -0.15) is 0 Å². The van der Waals surface area contributed by atoms with E-state index < -0.39 is 0 Å². The predicted molar refractivity (Wildman–Crippen MR) is 107 cm³/mol. The van der Waals surface area contributed by atoms with Gasteiger partial charge in [0.2, 0.25) is 0 Å². The van der Waals surface area contributed by atoms with Gasteiger partial charge in [-0.15, -0.1) is 0 Å². The van der Waals surface area contributed by atoms with Crippen LogP contribution in [0.3, 0.4) is 0 Å². The maximum absolute atomic E-state index is 10.2. The van der Waals surface area contributed by atoms with Gasteiger partial charge in [0.1, 0.15) is 11.3 Å². The highest BCUT2D eigenvalue weighted by Gasteiger charge is 2.18. The Labute approximate surface area is 164 Å². The van der Waals surface area contributed by atoms with E-state index in [1.54, 1.807) is 12.4 Å². The van der Waals surface area contributed by atoms with Gasteiger partial charge in [-0.1, -0.05) is 6.07 Å². The van der Waals surface area contributed by atoms with Crippen LogP contribution in [0.5, 0.6) is 11.5 Å². The fourth-order valence-electron chi connectivity index (χ4n) is 3.75. The van der Waals surface area contributed by atoms with Crippen molar-refractivity contribution in [1.82, 2.24) is 19.5 Å². The average Bonchev–Trinajstić information content (AvgIpc) is 3.35. The number of aryl methyl sites for hydroxylation is 1. The molecule has 1 saturated carbocycles. The fraction of sp³-hybridized carbons (Fsp3) is 0.476. The van der Waals surface area contributed by atoms with Crippen LogP contribution in [0.25, 0.3) is 11.2 Å². The number of nitrogens with zero attached hydrogens (tertiary/aromatic N) is 4. The van der Waals surface area contributed by atoms with Crippen molar-refractivity contribution in [3.8, 4) is 11.5 Å². The number of phenols is 1. The number of hydrogen-bond donors (Lipinski definition) is 2. The standard InChI is InChI=1S/C21H27N5O2/c1-3-22-20-19-21(26(4-2)13-23-20)25-18(24-19)12-14-9-10-16(27)17(11-14)28-15-7-5-6-8-15/h9-11,13,15,27H,3-8,12H2,1-2H3,(H,24,25). The van der Waals surface area contributed by atoms with Crippen LogP contribution in [-0.2, 0) is 13.0 Å². The van der Waals surface area contributed by atoms with Crippen LogP contribution in [0.1, 0.15) is 50.9 Å². The van der Waals surface area contributed by atoms with Crippen LogP contribution in [0.4, 0.5) is 0 Å². The molecular weight excluding hydrogens is 354 g/mol. The van der Waals surface area contributed by atoms with Gasteiger partial charge in [0.25, 0.3) is 0 Å². The summed E-state index contributed by atoms with van der Waals surface area (Å²) in [4.78, 5) is 17.1. The van der Waals surface area contributed by atoms with Gasteiger partial charge < -0.3 is 19.4 Å². The van der Waals surface area contributed by atoms with Crippen LogP contribution in [0.2, 0.25) is 0 Å². The topological polar surface area (TPSA) is 88.3 Å². The molecule has 2 heterocycles. The fourth-order valence-corrected chi connectivity index (χ4v) is 3.75. The highest BCUT2D eigenvalue weighted by atomic mass is 16.5. The van der Waals surface area contributed by atoms with Crippen molar-refractivity contribution in [2.45, 2.75) is 58.6 Å². The molecule has 7 nitrogen and oxygen atoms in total. The third-order valence-corrected chi connectivity index (χ3v) is 5.19. The minimum absolute atomic E-state index is 0.192. The number of ether oxygens (including phenoxy) is 1. The molecule has 0 amide bonds. The first-order valence-corrected chi connectivity index (χ1v) is 10.1. The number of fused-ring (bicyclic) bond motifs is 1. The Morgan fingerprint density at radius 3 is 2.86 bits per heavy atom. The van der Waals surface area contributed by atoms with E-state index in [1.807, 2.05) is 23.6 Å². The summed E-state index contributed by atoms with van der Waals surface area (Å²) in [6.45, 7) is 5.53. The number of H-pyrrole nitrogens is 1. The number of phenolic OH excluding ortho intramolecular Hbond substituents is 1. The first kappa shape index (κ1) is 18.5. The Balaban J connectivity index is 1.64. The summed E-state index contributed by atoms with van der Waals surface area (Å²) in [5.74, 6) is 1.60. The summed E-state index contributed by atoms with van der Waals surface area (Å²) in [6, 6.07) is 5.53. The number of hydrogen-bond acceptors (Lipinski definition) is 5. The molecule has 0 radical (unpaired) electrons. The maximum Gasteiger partial charge on any atom is 0.176 e. The summed E-state index contributed by atoms with van der Waals surface area (Å²) >= 11 is 0. The first-order chi connectivity index (χ1) is 13.7. The lowest BCUT2D eigenvalue weighted by molar-refractivity contribution is 0.201. The molecule has 0 unspecified atom stereocenters. The van der Waals surface area contributed by atoms with E-state index >= 15 is 0 Å². The molecule has 2 N–H and O–H groups in total. The van der Waals surface area contributed by atoms with Gasteiger partial charge in [0.05, 0.1) is 12.4 Å². The lowest BCUT2D eigenvalue weighted by Crippen LogP contribution is -2.14. The smallest absolute Gasteiger partial charge is 0.176 e. The maximum atomic E-state index is 10.2. The second kappa shape index (κ2) is 8.04. The van der Waals surface area contributed by atoms with Crippen molar-refractivity contribution in [3.63, 3.8) is 0 Å². The molecule has 0 saturated heterocycles. The van der Waals surface area contributed by atoms with E-state index in [2.05, 4.69) is 21.9 Å². The number of aromatic hydroxyl groups is 1. The lowest BCUT2D eigenvalue weighted by Gasteiger charge is -2.15. The number of imidazole rings is 1. The summed E-state index contributed by atoms with van der Waals surface area (Å²) in [7, 11) is 0. The lowest BCUT2D eigenvalue weighted by atomic mass is 10.1. The zero-order chi connectivity index (χ0) is 19.5. The molecule has 7 heteroatoms. The first-order valence-electron chi connectivity index (χ1n) is 10.1. The largest absolute Gasteiger partial charge is 0.504 e. The molecule has 0 aliphatic heterocycles. The van der Waals surface area contributed by atoms with Gasteiger partial charge in [0.15, 0.2) is 22.6 Å². The Bertz CT molecular complexity index is 1030. The van der Waals surface area contributed by atoms with Gasteiger partial charge >= 0.3 is 0 Å². The molecule has 4 rings (SSSR count). The van der Waals surface area contributed by atoms with Crippen LogP contribution >= 0.6 is 0 Å². The van der Waals surface area contributed by atoms with Crippen molar-refractivity contribution < 1.29 is 9.84 Å². The zero-order valence-electron chi connectivity index (χ0n) is 16.5. The molecule has 0 atom stereocenters. The van der Waals surface area contributed by atoms with Crippen molar-refractivity contribution in [3.05, 3.63) is 41.4 Å². The number of benzene rings is 1. The van der Waals surface area contributed by atoms with Crippen molar-refractivity contribution in [1.29, 1.82) is 0 Å². The van der Waals surface area contributed by atoms with Gasteiger partial charge in [-0.3, -0.25) is 4.99 Å². The van der Waals surface area contributed by atoms with Gasteiger partial charge in [0, 0.05) is 19.5 Å². The van der Waals surface area contributed by atoms with Crippen molar-refractivity contribution in [2.24, 2.45) is 4.99 Å². The second-order valence-electron chi connectivity index (χ2n) is 7.21. The second-order valence-corrected chi connectivity index (χ2v) is 7.21. The third-order valence-electron chi connectivity index (χ3n) is 5.19. The Hall–Kier alpha value is -2.83. The van der Waals surface area contributed by atoms with E-state index in [-0.39, 0.29) is 11.9 Å². The molecule has 1 aliphatic rings. The Kier molecular flexibility index (Phi) is 5.32. The highest BCUT2D eigenvalue weighted by Crippen LogP contribution is 2.32. The highest BCUT2D eigenvalue weighted by molar-refractivity contribution is 5.69. The molecule has 148 valence electrons. The van der Waals surface area contributed by atoms with Crippen LogP contribution in [0.15, 0.2) is 29.5 Å². The number of nitrogens with one attached hydrogen (secondary N) is 1. The minimum atomic E-state index is 0.192. The summed E-state index contributed by atoms with van der Waals surface area (Å²) in [5, 5.41) is 10.2. The normalized spacial score (nSPS) is 15.6. The third kappa shape index (κ3) is 3.74. The quantitative estimate of drug-likeness (QED) is 0.686. The molecule has 3 aromatic rings. The molecule has 1 aliphatic carbocycles. The van der Waals surface area contributed by atoms with Gasteiger partial charge in [-0.05, 0) is 57.2 Å². The van der Waals surface area contributed by atoms with E-state index in [4.69, 9.17) is 9.72 Å². The van der Waals surface area contributed by atoms with Crippen molar-refractivity contribution in [2.75, 3.05) is 6.54 Å². The van der Waals surface area contributed by atoms with E-state index in [0.29, 0.717) is 24.2 Å². The molecule has 0 bridgehead atoms. The Morgan fingerprint density at radius 1 is 1.29 bits per heavy atom. The number of rotatable bonds is 6. The number of aromatic amines is 1. The summed E-state index contributed by atoms with van der Waals surface area (Å²) in [6.07, 6.45) is 7.12. The monoisotopic (exact) mass is 381 g/mol. The SMILES string of the molecule is CCN=c1ncn(CC)c2nc(Cc3ccc(O)c(OC4CCCC4)c3)[nH]c12. The number of aromatic nitrogens is 4. The average molecular weight is 381 g/mol. The molecular formula is C21H27N5O2. The molecule has 1 fully saturated rings. The molecule has 0 spiro atoms. The summed E-state index contributed by atoms with van der Waals surface area (Å²) < 4.78 is 8.03. The van der Waals surface area contributed by atoms with Crippen LogP contribution in [0, 0.1) is 0 Å². The molecule has 2 aromatic heterocycles. The van der Waals surface area contributed by atoms with Crippen LogP contribution < -0.4 is 10.2 Å². The van der Waals surface area contributed by atoms with E-state index in [9.17, 15) is 5.11 Å². The zero-order valence-corrected chi connectivity index (χ0v) is 16.5. The Morgan fingerprint density at radius 2 is 2.11 bits per heavy atom. The van der Waals surface area contributed by atoms with E-state index in [0.717, 1.165) is 41.9 Å².